The monoisotopic (exact) mass is 498 g/mol. The fraction of sp³-hybridized carbons (Fsp3) is 0.0270. The van der Waals surface area contributed by atoms with Crippen molar-refractivity contribution in [2.24, 2.45) is 0 Å². The van der Waals surface area contributed by atoms with Gasteiger partial charge in [0.1, 0.15) is 0 Å². The van der Waals surface area contributed by atoms with Crippen LogP contribution >= 0.6 is 0 Å². The molecule has 0 radical (unpaired) electrons. The Kier molecular flexibility index (Phi) is 4.77. The first kappa shape index (κ1) is 22.0. The molecule has 2 nitrogen and oxygen atoms in total. The summed E-state index contributed by atoms with van der Waals surface area (Å²) in [5.41, 5.74) is 11.9. The molecule has 2 heteroatoms. The first-order valence-corrected chi connectivity index (χ1v) is 13.5. The van der Waals surface area contributed by atoms with Crippen LogP contribution in [0.25, 0.3) is 0 Å². The highest BCUT2D eigenvalue weighted by Crippen LogP contribution is 2.63. The topological polar surface area (TPSA) is 6.48 Å². The Morgan fingerprint density at radius 2 is 0.538 bits per heavy atom. The number of hydrogen-bond acceptors (Lipinski definition) is 2. The van der Waals surface area contributed by atoms with E-state index < -0.39 is 5.41 Å². The van der Waals surface area contributed by atoms with Crippen LogP contribution in [0.3, 0.4) is 0 Å². The van der Waals surface area contributed by atoms with Gasteiger partial charge in [0.25, 0.3) is 0 Å². The Labute approximate surface area is 229 Å². The number of para-hydroxylation sites is 6. The van der Waals surface area contributed by atoms with E-state index in [1.54, 1.807) is 0 Å². The summed E-state index contributed by atoms with van der Waals surface area (Å²) in [5, 5.41) is 0. The summed E-state index contributed by atoms with van der Waals surface area (Å²) < 4.78 is 0. The zero-order valence-electron chi connectivity index (χ0n) is 21.4. The third-order valence-corrected chi connectivity index (χ3v) is 8.22. The number of hydrogen-bond donors (Lipinski definition) is 0. The van der Waals surface area contributed by atoms with Gasteiger partial charge >= 0.3 is 0 Å². The summed E-state index contributed by atoms with van der Waals surface area (Å²) >= 11 is 0. The van der Waals surface area contributed by atoms with E-state index in [0.29, 0.717) is 0 Å². The summed E-state index contributed by atoms with van der Waals surface area (Å²) in [6.45, 7) is 0. The molecule has 8 rings (SSSR count). The summed E-state index contributed by atoms with van der Waals surface area (Å²) in [7, 11) is 0. The first-order chi connectivity index (χ1) is 19.4. The fourth-order valence-corrected chi connectivity index (χ4v) is 6.78. The van der Waals surface area contributed by atoms with E-state index in [0.717, 1.165) is 11.4 Å². The average molecular weight is 499 g/mol. The van der Waals surface area contributed by atoms with Crippen LogP contribution in [0.1, 0.15) is 22.3 Å². The van der Waals surface area contributed by atoms with Crippen molar-refractivity contribution in [2.45, 2.75) is 5.41 Å². The van der Waals surface area contributed by atoms with Crippen molar-refractivity contribution in [1.82, 2.24) is 0 Å². The van der Waals surface area contributed by atoms with E-state index >= 15 is 0 Å². The lowest BCUT2D eigenvalue weighted by molar-refractivity contribution is 0.719. The van der Waals surface area contributed by atoms with Gasteiger partial charge in [-0.3, -0.25) is 0 Å². The molecule has 6 aromatic rings. The largest absolute Gasteiger partial charge is 0.310 e. The molecule has 0 fully saturated rings. The second-order valence-electron chi connectivity index (χ2n) is 10.2. The Morgan fingerprint density at radius 1 is 0.282 bits per heavy atom. The minimum Gasteiger partial charge on any atom is -0.310 e. The third kappa shape index (κ3) is 2.97. The second-order valence-corrected chi connectivity index (χ2v) is 10.2. The minimum atomic E-state index is -0.475. The van der Waals surface area contributed by atoms with E-state index in [9.17, 15) is 0 Å². The highest BCUT2D eigenvalue weighted by molar-refractivity contribution is 5.96. The van der Waals surface area contributed by atoms with Crippen LogP contribution in [0.4, 0.5) is 34.1 Å². The van der Waals surface area contributed by atoms with E-state index in [1.165, 1.54) is 45.0 Å². The Balaban J connectivity index is 1.53. The SMILES string of the molecule is c1ccc(N2c3ccccc3C3(c4ccccc42)c2ccccc2N(c2ccccc2)c2ccccc23)cc1. The summed E-state index contributed by atoms with van der Waals surface area (Å²) in [5.74, 6) is 0. The lowest BCUT2D eigenvalue weighted by atomic mass is 9.60. The minimum absolute atomic E-state index is 0.475. The molecule has 39 heavy (non-hydrogen) atoms. The van der Waals surface area contributed by atoms with Gasteiger partial charge in [-0.1, -0.05) is 109 Å². The summed E-state index contributed by atoms with van der Waals surface area (Å²) in [6, 6.07) is 57.2. The molecule has 0 aromatic heterocycles. The zero-order valence-corrected chi connectivity index (χ0v) is 21.4. The molecular formula is C37H26N2. The average Bonchev–Trinajstić information content (AvgIpc) is 3.02. The quantitative estimate of drug-likeness (QED) is 0.234. The molecule has 2 aliphatic rings. The van der Waals surface area contributed by atoms with Crippen LogP contribution in [0.15, 0.2) is 158 Å². The van der Waals surface area contributed by atoms with Crippen LogP contribution in [0.2, 0.25) is 0 Å². The molecule has 0 amide bonds. The van der Waals surface area contributed by atoms with Crippen molar-refractivity contribution < 1.29 is 0 Å². The van der Waals surface area contributed by atoms with Gasteiger partial charge in [0.2, 0.25) is 0 Å². The predicted octanol–water partition coefficient (Wildman–Crippen LogP) is 9.64. The number of fused-ring (bicyclic) bond motifs is 8. The van der Waals surface area contributed by atoms with Crippen molar-refractivity contribution in [2.75, 3.05) is 9.80 Å². The van der Waals surface area contributed by atoms with Gasteiger partial charge in [-0.15, -0.1) is 0 Å². The normalized spacial score (nSPS) is 14.3. The molecule has 6 aromatic carbocycles. The smallest absolute Gasteiger partial charge is 0.0782 e. The predicted molar refractivity (Wildman–Crippen MR) is 161 cm³/mol. The van der Waals surface area contributed by atoms with E-state index in [2.05, 4.69) is 168 Å². The molecule has 0 aliphatic carbocycles. The maximum absolute atomic E-state index is 2.42. The van der Waals surface area contributed by atoms with E-state index in [1.807, 2.05) is 0 Å². The molecule has 184 valence electrons. The Morgan fingerprint density at radius 3 is 0.846 bits per heavy atom. The number of benzene rings is 6. The van der Waals surface area contributed by atoms with Gasteiger partial charge in [-0.25, -0.2) is 0 Å². The first-order valence-electron chi connectivity index (χ1n) is 13.5. The molecule has 0 unspecified atom stereocenters. The van der Waals surface area contributed by atoms with E-state index in [-0.39, 0.29) is 0 Å². The lowest BCUT2D eigenvalue weighted by Crippen LogP contribution is -2.41. The van der Waals surface area contributed by atoms with Gasteiger partial charge in [0.15, 0.2) is 0 Å². The Bertz CT molecular complexity index is 1590. The van der Waals surface area contributed by atoms with Crippen molar-refractivity contribution >= 4 is 34.1 Å². The van der Waals surface area contributed by atoms with Gasteiger partial charge < -0.3 is 9.80 Å². The molecule has 0 N–H and O–H groups in total. The van der Waals surface area contributed by atoms with Crippen LogP contribution in [0.5, 0.6) is 0 Å². The van der Waals surface area contributed by atoms with Crippen LogP contribution in [0, 0.1) is 0 Å². The van der Waals surface area contributed by atoms with Gasteiger partial charge in [0.05, 0.1) is 28.2 Å². The molecule has 0 saturated heterocycles. The van der Waals surface area contributed by atoms with Crippen molar-refractivity contribution in [3.63, 3.8) is 0 Å². The fourth-order valence-electron chi connectivity index (χ4n) is 6.78. The van der Waals surface area contributed by atoms with Crippen molar-refractivity contribution in [1.29, 1.82) is 0 Å². The van der Waals surface area contributed by atoms with Crippen molar-refractivity contribution in [3.8, 4) is 0 Å². The van der Waals surface area contributed by atoms with Crippen molar-refractivity contribution in [3.05, 3.63) is 180 Å². The highest BCUT2D eigenvalue weighted by Gasteiger charge is 2.51. The molecule has 2 heterocycles. The van der Waals surface area contributed by atoms with Crippen LogP contribution < -0.4 is 9.80 Å². The van der Waals surface area contributed by atoms with Crippen LogP contribution in [-0.4, -0.2) is 0 Å². The second kappa shape index (κ2) is 8.47. The summed E-state index contributed by atoms with van der Waals surface area (Å²) in [6.07, 6.45) is 0. The Hall–Kier alpha value is -5.08. The zero-order chi connectivity index (χ0) is 25.8. The molecule has 1 spiro atoms. The number of nitrogens with zero attached hydrogens (tertiary/aromatic N) is 2. The standard InChI is InChI=1S/C37H26N2/c1-3-15-27(16-4-1)38-33-23-11-7-19-29(33)37(30-20-8-12-24-34(30)38)31-21-9-13-25-35(31)39(28-17-5-2-6-18-28)36-26-14-10-22-32(36)37/h1-26H. The lowest BCUT2D eigenvalue weighted by Gasteiger charge is -2.51. The molecule has 0 atom stereocenters. The van der Waals surface area contributed by atoms with Gasteiger partial charge in [-0.05, 0) is 70.8 Å². The van der Waals surface area contributed by atoms with Gasteiger partial charge in [0, 0.05) is 11.4 Å². The third-order valence-electron chi connectivity index (χ3n) is 8.22. The molecule has 0 bridgehead atoms. The molecule has 0 saturated carbocycles. The van der Waals surface area contributed by atoms with Gasteiger partial charge in [-0.2, -0.15) is 0 Å². The molecular weight excluding hydrogens is 472 g/mol. The maximum Gasteiger partial charge on any atom is 0.0782 e. The maximum atomic E-state index is 2.42. The van der Waals surface area contributed by atoms with E-state index in [4.69, 9.17) is 0 Å². The number of anilines is 6. The highest BCUT2D eigenvalue weighted by atomic mass is 15.2. The molecule has 2 aliphatic heterocycles. The van der Waals surface area contributed by atoms with Crippen LogP contribution in [-0.2, 0) is 5.41 Å². The number of rotatable bonds is 2. The summed E-state index contributed by atoms with van der Waals surface area (Å²) in [4.78, 5) is 4.84.